The van der Waals surface area contributed by atoms with Gasteiger partial charge in [-0.05, 0) is 38.5 Å². The lowest BCUT2D eigenvalue weighted by Gasteiger charge is -2.13. The number of nitrogens with one attached hydrogen (secondary N) is 1. The van der Waals surface area contributed by atoms with Gasteiger partial charge in [0.25, 0.3) is 5.56 Å². The van der Waals surface area contributed by atoms with Gasteiger partial charge in [0.1, 0.15) is 10.4 Å². The lowest BCUT2D eigenvalue weighted by atomic mass is 10.2. The van der Waals surface area contributed by atoms with E-state index in [4.69, 9.17) is 14.5 Å². The van der Waals surface area contributed by atoms with E-state index in [-0.39, 0.29) is 23.3 Å². The molecule has 0 fully saturated rings. The van der Waals surface area contributed by atoms with Gasteiger partial charge in [-0.25, -0.2) is 4.98 Å². The van der Waals surface area contributed by atoms with E-state index in [9.17, 15) is 9.59 Å². The van der Waals surface area contributed by atoms with E-state index in [0.29, 0.717) is 46.4 Å². The smallest absolute Gasteiger partial charge is 0.272 e. The second-order valence-corrected chi connectivity index (χ2v) is 9.93. The Morgan fingerprint density at radius 1 is 1.18 bits per heavy atom. The molecule has 0 atom stereocenters. The van der Waals surface area contributed by atoms with Crippen LogP contribution in [0.1, 0.15) is 20.3 Å². The van der Waals surface area contributed by atoms with E-state index in [0.717, 1.165) is 10.1 Å². The molecule has 2 aromatic heterocycles. The number of benzene rings is 2. The van der Waals surface area contributed by atoms with Crippen LogP contribution in [-0.2, 0) is 16.1 Å². The summed E-state index contributed by atoms with van der Waals surface area (Å²) in [4.78, 5) is 31.0. The number of hydrogen-bond donors (Lipinski definition) is 1. The van der Waals surface area contributed by atoms with Crippen molar-refractivity contribution < 1.29 is 14.3 Å². The number of fused-ring (bicyclic) bond motifs is 3. The molecule has 0 unspecified atom stereocenters. The van der Waals surface area contributed by atoms with E-state index >= 15 is 0 Å². The molecule has 2 heterocycles. The van der Waals surface area contributed by atoms with Crippen LogP contribution in [0, 0.1) is 0 Å². The second-order valence-electron chi connectivity index (χ2n) is 7.94. The minimum Gasteiger partial charge on any atom is -0.495 e. The molecule has 0 saturated carbocycles. The number of para-hydroxylation sites is 2. The van der Waals surface area contributed by atoms with Crippen molar-refractivity contribution >= 4 is 55.0 Å². The van der Waals surface area contributed by atoms with Gasteiger partial charge in [0.05, 0.1) is 30.2 Å². The molecule has 1 N–H and O–H groups in total. The summed E-state index contributed by atoms with van der Waals surface area (Å²) in [5, 5.41) is 4.36. The molecule has 4 rings (SSSR count). The SMILES string of the molecule is COc1ccccc1NC(=O)CSc1nc2c(sc3ccccc32)c(=O)n1CCCOC(C)C. The summed E-state index contributed by atoms with van der Waals surface area (Å²) in [5.74, 6) is 0.501. The summed E-state index contributed by atoms with van der Waals surface area (Å²) in [6, 6.07) is 15.1. The third kappa shape index (κ3) is 5.43. The van der Waals surface area contributed by atoms with Gasteiger partial charge in [0.2, 0.25) is 5.91 Å². The van der Waals surface area contributed by atoms with Crippen molar-refractivity contribution in [2.24, 2.45) is 0 Å². The van der Waals surface area contributed by atoms with E-state index in [1.54, 1.807) is 23.8 Å². The third-order valence-corrected chi connectivity index (χ3v) is 7.26. The average Bonchev–Trinajstić information content (AvgIpc) is 3.21. The first-order valence-electron chi connectivity index (χ1n) is 11.1. The predicted molar refractivity (Wildman–Crippen MR) is 139 cm³/mol. The van der Waals surface area contributed by atoms with Gasteiger partial charge in [-0.15, -0.1) is 11.3 Å². The van der Waals surface area contributed by atoms with Gasteiger partial charge >= 0.3 is 0 Å². The number of carbonyl (C=O) groups is 1. The Hall–Kier alpha value is -2.88. The normalized spacial score (nSPS) is 11.4. The minimum absolute atomic E-state index is 0.0802. The molecule has 2 aromatic carbocycles. The Bertz CT molecular complexity index is 1360. The largest absolute Gasteiger partial charge is 0.495 e. The molecular formula is C25H27N3O4S2. The first-order chi connectivity index (χ1) is 16.5. The highest BCUT2D eigenvalue weighted by molar-refractivity contribution is 7.99. The number of carbonyl (C=O) groups excluding carboxylic acids is 1. The van der Waals surface area contributed by atoms with Crippen molar-refractivity contribution in [3.05, 3.63) is 58.9 Å². The summed E-state index contributed by atoms with van der Waals surface area (Å²) >= 11 is 2.71. The first-order valence-corrected chi connectivity index (χ1v) is 12.9. The highest BCUT2D eigenvalue weighted by Crippen LogP contribution is 2.32. The zero-order valence-corrected chi connectivity index (χ0v) is 21.0. The summed E-state index contributed by atoms with van der Waals surface area (Å²) in [6.45, 7) is 4.99. The van der Waals surface area contributed by atoms with Gasteiger partial charge in [0, 0.05) is 23.2 Å². The number of thiophene rings is 1. The number of anilines is 1. The molecule has 7 nitrogen and oxygen atoms in total. The summed E-state index contributed by atoms with van der Waals surface area (Å²) in [7, 11) is 1.56. The number of thioether (sulfide) groups is 1. The summed E-state index contributed by atoms with van der Waals surface area (Å²) in [5.41, 5.74) is 1.21. The molecular weight excluding hydrogens is 470 g/mol. The van der Waals surface area contributed by atoms with Crippen molar-refractivity contribution in [1.82, 2.24) is 9.55 Å². The van der Waals surface area contributed by atoms with E-state index in [1.807, 2.05) is 50.2 Å². The highest BCUT2D eigenvalue weighted by Gasteiger charge is 2.17. The average molecular weight is 498 g/mol. The van der Waals surface area contributed by atoms with Gasteiger partial charge in [0.15, 0.2) is 5.16 Å². The predicted octanol–water partition coefficient (Wildman–Crippen LogP) is 5.17. The van der Waals surface area contributed by atoms with Gasteiger partial charge in [-0.2, -0.15) is 0 Å². The molecule has 0 aliphatic heterocycles. The Morgan fingerprint density at radius 3 is 2.74 bits per heavy atom. The summed E-state index contributed by atoms with van der Waals surface area (Å²) < 4.78 is 14.3. The molecule has 0 radical (unpaired) electrons. The summed E-state index contributed by atoms with van der Waals surface area (Å²) in [6.07, 6.45) is 0.810. The zero-order valence-electron chi connectivity index (χ0n) is 19.4. The fourth-order valence-electron chi connectivity index (χ4n) is 3.57. The maximum atomic E-state index is 13.4. The van der Waals surface area contributed by atoms with E-state index in [2.05, 4.69) is 5.32 Å². The van der Waals surface area contributed by atoms with Crippen molar-refractivity contribution in [1.29, 1.82) is 0 Å². The van der Waals surface area contributed by atoms with Crippen LogP contribution < -0.4 is 15.6 Å². The number of hydrogen-bond acceptors (Lipinski definition) is 7. The molecule has 0 aliphatic rings. The maximum Gasteiger partial charge on any atom is 0.272 e. The third-order valence-electron chi connectivity index (χ3n) is 5.14. The quantitative estimate of drug-likeness (QED) is 0.185. The van der Waals surface area contributed by atoms with Crippen LogP contribution in [0.5, 0.6) is 5.75 Å². The van der Waals surface area contributed by atoms with Crippen LogP contribution in [0.4, 0.5) is 5.69 Å². The van der Waals surface area contributed by atoms with Crippen LogP contribution in [0.25, 0.3) is 20.3 Å². The number of nitrogens with zero attached hydrogens (tertiary/aromatic N) is 2. The fourth-order valence-corrected chi connectivity index (χ4v) is 5.48. The van der Waals surface area contributed by atoms with Crippen molar-refractivity contribution in [2.45, 2.75) is 38.1 Å². The highest BCUT2D eigenvalue weighted by atomic mass is 32.2. The number of amides is 1. The van der Waals surface area contributed by atoms with Crippen LogP contribution in [0.2, 0.25) is 0 Å². The zero-order chi connectivity index (χ0) is 24.1. The Kier molecular flexibility index (Phi) is 7.87. The molecule has 1 amide bonds. The number of rotatable bonds is 10. The van der Waals surface area contributed by atoms with Gasteiger partial charge < -0.3 is 14.8 Å². The van der Waals surface area contributed by atoms with Gasteiger partial charge in [-0.1, -0.05) is 42.1 Å². The lowest BCUT2D eigenvalue weighted by molar-refractivity contribution is -0.113. The van der Waals surface area contributed by atoms with Crippen molar-refractivity contribution in [2.75, 3.05) is 24.8 Å². The van der Waals surface area contributed by atoms with Crippen LogP contribution >= 0.6 is 23.1 Å². The van der Waals surface area contributed by atoms with Gasteiger partial charge in [-0.3, -0.25) is 14.2 Å². The van der Waals surface area contributed by atoms with Crippen molar-refractivity contribution in [3.63, 3.8) is 0 Å². The topological polar surface area (TPSA) is 82.5 Å². The van der Waals surface area contributed by atoms with Crippen molar-refractivity contribution in [3.8, 4) is 5.75 Å². The molecule has 4 aromatic rings. The molecule has 0 bridgehead atoms. The van der Waals surface area contributed by atoms with Crippen LogP contribution in [-0.4, -0.2) is 41.0 Å². The Labute approximate surface area is 206 Å². The fraction of sp³-hybridized carbons (Fsp3) is 0.320. The van der Waals surface area contributed by atoms with E-state index < -0.39 is 0 Å². The molecule has 34 heavy (non-hydrogen) atoms. The monoisotopic (exact) mass is 497 g/mol. The molecule has 0 aliphatic carbocycles. The minimum atomic E-state index is -0.200. The molecule has 0 saturated heterocycles. The van der Waals surface area contributed by atoms with E-state index in [1.165, 1.54) is 23.1 Å². The Balaban J connectivity index is 1.60. The lowest BCUT2D eigenvalue weighted by Crippen LogP contribution is -2.24. The molecule has 0 spiro atoms. The molecule has 9 heteroatoms. The number of methoxy groups -OCH3 is 1. The van der Waals surface area contributed by atoms with Crippen LogP contribution in [0.3, 0.4) is 0 Å². The number of ether oxygens (including phenoxy) is 2. The molecule has 178 valence electrons. The van der Waals surface area contributed by atoms with Crippen LogP contribution in [0.15, 0.2) is 58.5 Å². The Morgan fingerprint density at radius 2 is 1.94 bits per heavy atom. The first kappa shape index (κ1) is 24.3. The standard InChI is InChI=1S/C25H27N3O4S2/c1-16(2)32-14-8-13-28-24(30)23-22(17-9-4-7-12-20(17)34-23)27-25(28)33-15-21(29)26-18-10-5-6-11-19(18)31-3/h4-7,9-12,16H,8,13-15H2,1-3H3,(H,26,29). The second kappa shape index (κ2) is 11.0. The maximum absolute atomic E-state index is 13.4. The number of aromatic nitrogens is 2.